The number of amides is 1. The average Bonchev–Trinajstić information content (AvgIpc) is 3.01. The SMILES string of the molecule is O=C(NCc1nc(C(=O)O)cs1)c1ccc2c(c1)CCCC2. The lowest BCUT2D eigenvalue weighted by Gasteiger charge is -2.16. The topological polar surface area (TPSA) is 79.3 Å². The third-order valence-electron chi connectivity index (χ3n) is 3.78. The molecule has 0 fully saturated rings. The number of hydrogen-bond acceptors (Lipinski definition) is 4. The van der Waals surface area contributed by atoms with E-state index in [2.05, 4.69) is 10.3 Å². The summed E-state index contributed by atoms with van der Waals surface area (Å²) in [6, 6.07) is 5.85. The molecule has 22 heavy (non-hydrogen) atoms. The quantitative estimate of drug-likeness (QED) is 0.909. The monoisotopic (exact) mass is 316 g/mol. The molecule has 3 rings (SSSR count). The molecule has 0 saturated carbocycles. The van der Waals surface area contributed by atoms with Gasteiger partial charge in [-0.05, 0) is 48.9 Å². The van der Waals surface area contributed by atoms with Crippen LogP contribution in [0.15, 0.2) is 23.6 Å². The molecule has 0 spiro atoms. The number of aromatic carboxylic acids is 1. The number of carboxylic acid groups (broad SMARTS) is 1. The fourth-order valence-electron chi connectivity index (χ4n) is 2.62. The molecule has 2 aromatic rings. The Labute approximate surface area is 132 Å². The highest BCUT2D eigenvalue weighted by Crippen LogP contribution is 2.22. The number of rotatable bonds is 4. The maximum Gasteiger partial charge on any atom is 0.355 e. The zero-order chi connectivity index (χ0) is 15.5. The van der Waals surface area contributed by atoms with Crippen molar-refractivity contribution >= 4 is 23.2 Å². The van der Waals surface area contributed by atoms with Gasteiger partial charge in [-0.15, -0.1) is 11.3 Å². The predicted octanol–water partition coefficient (Wildman–Crippen LogP) is 2.65. The van der Waals surface area contributed by atoms with E-state index < -0.39 is 5.97 Å². The molecule has 0 atom stereocenters. The summed E-state index contributed by atoms with van der Waals surface area (Å²) < 4.78 is 0. The van der Waals surface area contributed by atoms with Gasteiger partial charge in [0.05, 0.1) is 6.54 Å². The molecule has 1 aliphatic carbocycles. The van der Waals surface area contributed by atoms with Crippen molar-refractivity contribution in [3.63, 3.8) is 0 Å². The van der Waals surface area contributed by atoms with E-state index in [1.54, 1.807) is 0 Å². The first-order valence-corrected chi connectivity index (χ1v) is 8.09. The Balaban J connectivity index is 1.65. The summed E-state index contributed by atoms with van der Waals surface area (Å²) in [5.41, 5.74) is 3.27. The van der Waals surface area contributed by atoms with Gasteiger partial charge in [0.2, 0.25) is 0 Å². The lowest BCUT2D eigenvalue weighted by atomic mass is 9.90. The standard InChI is InChI=1S/C16H16N2O3S/c19-15(17-8-14-18-13(9-22-14)16(20)21)12-6-5-10-3-1-2-4-11(10)7-12/h5-7,9H,1-4,8H2,(H,17,19)(H,20,21). The minimum atomic E-state index is -1.05. The summed E-state index contributed by atoms with van der Waals surface area (Å²) in [7, 11) is 0. The van der Waals surface area contributed by atoms with Crippen molar-refractivity contribution in [2.24, 2.45) is 0 Å². The van der Waals surface area contributed by atoms with Crippen LogP contribution in [0, 0.1) is 0 Å². The molecule has 0 unspecified atom stereocenters. The van der Waals surface area contributed by atoms with Crippen LogP contribution in [-0.2, 0) is 19.4 Å². The maximum atomic E-state index is 12.2. The maximum absolute atomic E-state index is 12.2. The first kappa shape index (κ1) is 14.7. The van der Waals surface area contributed by atoms with Gasteiger partial charge in [-0.25, -0.2) is 9.78 Å². The largest absolute Gasteiger partial charge is 0.476 e. The van der Waals surface area contributed by atoms with E-state index in [4.69, 9.17) is 5.11 Å². The third kappa shape index (κ3) is 3.17. The number of aryl methyl sites for hydroxylation is 2. The number of nitrogens with one attached hydrogen (secondary N) is 1. The van der Waals surface area contributed by atoms with Crippen LogP contribution in [0.1, 0.15) is 49.8 Å². The van der Waals surface area contributed by atoms with Crippen molar-refractivity contribution in [3.05, 3.63) is 51.0 Å². The van der Waals surface area contributed by atoms with Gasteiger partial charge in [-0.1, -0.05) is 6.07 Å². The average molecular weight is 316 g/mol. The molecule has 5 nitrogen and oxygen atoms in total. The third-order valence-corrected chi connectivity index (χ3v) is 4.63. The summed E-state index contributed by atoms with van der Waals surface area (Å²) in [5.74, 6) is -1.20. The van der Waals surface area contributed by atoms with Crippen molar-refractivity contribution in [3.8, 4) is 0 Å². The number of fused-ring (bicyclic) bond motifs is 1. The first-order chi connectivity index (χ1) is 10.6. The van der Waals surface area contributed by atoms with E-state index in [9.17, 15) is 9.59 Å². The fourth-order valence-corrected chi connectivity index (χ4v) is 3.33. The van der Waals surface area contributed by atoms with Gasteiger partial charge in [-0.3, -0.25) is 4.79 Å². The number of carbonyl (C=O) groups excluding carboxylic acids is 1. The van der Waals surface area contributed by atoms with Gasteiger partial charge in [0.1, 0.15) is 5.01 Å². The minimum absolute atomic E-state index is 0.0167. The molecule has 1 aromatic carbocycles. The van der Waals surface area contributed by atoms with E-state index in [1.807, 2.05) is 18.2 Å². The zero-order valence-corrected chi connectivity index (χ0v) is 12.8. The second-order valence-electron chi connectivity index (χ2n) is 5.30. The summed E-state index contributed by atoms with van der Waals surface area (Å²) in [4.78, 5) is 26.9. The summed E-state index contributed by atoms with van der Waals surface area (Å²) >= 11 is 1.23. The molecule has 1 aliphatic rings. The Hall–Kier alpha value is -2.21. The van der Waals surface area contributed by atoms with Crippen LogP contribution < -0.4 is 5.32 Å². The van der Waals surface area contributed by atoms with Gasteiger partial charge in [0.25, 0.3) is 5.91 Å². The van der Waals surface area contributed by atoms with E-state index in [1.165, 1.54) is 40.7 Å². The Morgan fingerprint density at radius 3 is 2.73 bits per heavy atom. The van der Waals surface area contributed by atoms with E-state index in [0.29, 0.717) is 10.6 Å². The van der Waals surface area contributed by atoms with Crippen molar-refractivity contribution < 1.29 is 14.7 Å². The van der Waals surface area contributed by atoms with Gasteiger partial charge in [0.15, 0.2) is 5.69 Å². The lowest BCUT2D eigenvalue weighted by Crippen LogP contribution is -2.23. The van der Waals surface area contributed by atoms with Crippen molar-refractivity contribution in [1.82, 2.24) is 10.3 Å². The van der Waals surface area contributed by atoms with Crippen LogP contribution in [0.3, 0.4) is 0 Å². The highest BCUT2D eigenvalue weighted by atomic mass is 32.1. The Morgan fingerprint density at radius 1 is 1.23 bits per heavy atom. The van der Waals surface area contributed by atoms with Gasteiger partial charge < -0.3 is 10.4 Å². The van der Waals surface area contributed by atoms with Crippen LogP contribution in [0.4, 0.5) is 0 Å². The molecule has 2 N–H and O–H groups in total. The number of carbonyl (C=O) groups is 2. The molecular weight excluding hydrogens is 300 g/mol. The number of hydrogen-bond donors (Lipinski definition) is 2. The van der Waals surface area contributed by atoms with Crippen molar-refractivity contribution in [1.29, 1.82) is 0 Å². The molecule has 0 aliphatic heterocycles. The fraction of sp³-hybridized carbons (Fsp3) is 0.312. The van der Waals surface area contributed by atoms with Crippen LogP contribution in [0.5, 0.6) is 0 Å². The Kier molecular flexibility index (Phi) is 4.20. The normalized spacial score (nSPS) is 13.5. The lowest BCUT2D eigenvalue weighted by molar-refractivity contribution is 0.0691. The van der Waals surface area contributed by atoms with Crippen LogP contribution in [-0.4, -0.2) is 22.0 Å². The van der Waals surface area contributed by atoms with E-state index in [0.717, 1.165) is 12.8 Å². The minimum Gasteiger partial charge on any atom is -0.476 e. The van der Waals surface area contributed by atoms with E-state index in [-0.39, 0.29) is 18.1 Å². The molecule has 1 heterocycles. The molecule has 1 aromatic heterocycles. The smallest absolute Gasteiger partial charge is 0.355 e. The number of thiazole rings is 1. The summed E-state index contributed by atoms with van der Waals surface area (Å²) in [5, 5.41) is 13.7. The highest BCUT2D eigenvalue weighted by Gasteiger charge is 2.14. The number of nitrogens with zero attached hydrogens (tertiary/aromatic N) is 1. The Morgan fingerprint density at radius 2 is 2.00 bits per heavy atom. The molecule has 0 radical (unpaired) electrons. The van der Waals surface area contributed by atoms with Gasteiger partial charge in [0, 0.05) is 10.9 Å². The molecular formula is C16H16N2O3S. The second-order valence-corrected chi connectivity index (χ2v) is 6.25. The van der Waals surface area contributed by atoms with Crippen LogP contribution >= 0.6 is 11.3 Å². The molecule has 114 valence electrons. The van der Waals surface area contributed by atoms with Crippen molar-refractivity contribution in [2.75, 3.05) is 0 Å². The first-order valence-electron chi connectivity index (χ1n) is 7.21. The highest BCUT2D eigenvalue weighted by molar-refractivity contribution is 7.09. The molecule has 0 bridgehead atoms. The number of carboxylic acids is 1. The predicted molar refractivity (Wildman–Crippen MR) is 83.3 cm³/mol. The van der Waals surface area contributed by atoms with Gasteiger partial charge >= 0.3 is 5.97 Å². The summed E-state index contributed by atoms with van der Waals surface area (Å²) in [6.45, 7) is 0.244. The zero-order valence-electron chi connectivity index (χ0n) is 12.0. The number of aromatic nitrogens is 1. The molecule has 0 saturated heterocycles. The summed E-state index contributed by atoms with van der Waals surface area (Å²) in [6.07, 6.45) is 4.52. The number of benzene rings is 1. The van der Waals surface area contributed by atoms with Gasteiger partial charge in [-0.2, -0.15) is 0 Å². The second kappa shape index (κ2) is 6.27. The van der Waals surface area contributed by atoms with Crippen molar-refractivity contribution in [2.45, 2.75) is 32.2 Å². The van der Waals surface area contributed by atoms with Crippen LogP contribution in [0.2, 0.25) is 0 Å². The van der Waals surface area contributed by atoms with E-state index >= 15 is 0 Å². The Bertz CT molecular complexity index is 724. The van der Waals surface area contributed by atoms with Crippen LogP contribution in [0.25, 0.3) is 0 Å². The molecule has 6 heteroatoms. The molecule has 1 amide bonds.